The second kappa shape index (κ2) is 7.79. The Balaban J connectivity index is 1.86. The van der Waals surface area contributed by atoms with E-state index in [-0.39, 0.29) is 5.91 Å². The lowest BCUT2D eigenvalue weighted by Crippen LogP contribution is -2.44. The van der Waals surface area contributed by atoms with E-state index in [4.69, 9.17) is 5.73 Å². The van der Waals surface area contributed by atoms with Gasteiger partial charge in [0.25, 0.3) is 0 Å². The number of likely N-dealkylation sites (tertiary alicyclic amines) is 1. The van der Waals surface area contributed by atoms with E-state index in [1.807, 2.05) is 4.90 Å². The first-order valence-electron chi connectivity index (χ1n) is 8.16. The van der Waals surface area contributed by atoms with Gasteiger partial charge in [0.15, 0.2) is 0 Å². The number of likely N-dealkylation sites (N-methyl/N-ethyl adjacent to an activating group) is 1. The normalized spacial score (nSPS) is 23.7. The van der Waals surface area contributed by atoms with Gasteiger partial charge in [-0.15, -0.1) is 0 Å². The summed E-state index contributed by atoms with van der Waals surface area (Å²) in [5.41, 5.74) is 6.90. The molecule has 2 N–H and O–H groups in total. The summed E-state index contributed by atoms with van der Waals surface area (Å²) >= 11 is 0. The minimum absolute atomic E-state index is 0.272. The van der Waals surface area contributed by atoms with Crippen LogP contribution in [-0.2, 0) is 4.79 Å². The molecule has 1 fully saturated rings. The van der Waals surface area contributed by atoms with E-state index in [1.54, 1.807) is 0 Å². The van der Waals surface area contributed by atoms with Crippen LogP contribution in [0, 0.1) is 5.92 Å². The zero-order valence-electron chi connectivity index (χ0n) is 12.8. The average molecular weight is 279 g/mol. The molecule has 0 radical (unpaired) electrons. The molecule has 2 aliphatic rings. The summed E-state index contributed by atoms with van der Waals surface area (Å²) in [6.07, 6.45) is 9.18. The molecule has 1 atom stereocenters. The van der Waals surface area contributed by atoms with Crippen molar-refractivity contribution < 1.29 is 4.79 Å². The highest BCUT2D eigenvalue weighted by Gasteiger charge is 2.24. The van der Waals surface area contributed by atoms with Gasteiger partial charge in [-0.1, -0.05) is 6.08 Å². The molecule has 2 rings (SSSR count). The van der Waals surface area contributed by atoms with Crippen molar-refractivity contribution >= 4 is 5.91 Å². The van der Waals surface area contributed by atoms with E-state index in [0.29, 0.717) is 12.5 Å². The molecule has 20 heavy (non-hydrogen) atoms. The molecule has 1 amide bonds. The first kappa shape index (κ1) is 15.5. The van der Waals surface area contributed by atoms with Crippen LogP contribution in [0.2, 0.25) is 0 Å². The minimum atomic E-state index is 0.272. The molecule has 1 unspecified atom stereocenters. The van der Waals surface area contributed by atoms with Gasteiger partial charge < -0.3 is 10.6 Å². The maximum atomic E-state index is 12.5. The molecule has 0 aromatic carbocycles. The largest absolute Gasteiger partial charge is 0.330 e. The maximum Gasteiger partial charge on any atom is 0.240 e. The summed E-state index contributed by atoms with van der Waals surface area (Å²) in [5, 5.41) is 0. The molecular formula is C16H29N3O. The third-order valence-corrected chi connectivity index (χ3v) is 4.52. The third kappa shape index (κ3) is 4.06. The summed E-state index contributed by atoms with van der Waals surface area (Å²) in [7, 11) is 0. The fourth-order valence-electron chi connectivity index (χ4n) is 3.48. The highest BCUT2D eigenvalue weighted by Crippen LogP contribution is 2.23. The second-order valence-electron chi connectivity index (χ2n) is 6.05. The van der Waals surface area contributed by atoms with Crippen molar-refractivity contribution in [1.82, 2.24) is 9.80 Å². The number of nitrogens with zero attached hydrogens (tertiary/aromatic N) is 2. The van der Waals surface area contributed by atoms with E-state index < -0.39 is 0 Å². The zero-order chi connectivity index (χ0) is 14.4. The van der Waals surface area contributed by atoms with Crippen molar-refractivity contribution in [1.29, 1.82) is 0 Å². The fraction of sp³-hybridized carbons (Fsp3) is 0.812. The molecule has 0 saturated carbocycles. The van der Waals surface area contributed by atoms with E-state index in [2.05, 4.69) is 17.9 Å². The molecule has 1 heterocycles. The molecule has 1 aliphatic carbocycles. The first-order chi connectivity index (χ1) is 9.74. The van der Waals surface area contributed by atoms with Crippen LogP contribution in [0.25, 0.3) is 0 Å². The van der Waals surface area contributed by atoms with Crippen LogP contribution in [0.1, 0.15) is 45.4 Å². The Morgan fingerprint density at radius 2 is 2.35 bits per heavy atom. The Morgan fingerprint density at radius 1 is 1.50 bits per heavy atom. The molecular weight excluding hydrogens is 250 g/mol. The number of piperidine rings is 1. The number of carbonyl (C=O) groups is 1. The average Bonchev–Trinajstić information content (AvgIpc) is 2.94. The Labute approximate surface area is 123 Å². The van der Waals surface area contributed by atoms with Crippen LogP contribution in [-0.4, -0.2) is 48.4 Å². The van der Waals surface area contributed by atoms with Crippen molar-refractivity contribution in [3.8, 4) is 0 Å². The van der Waals surface area contributed by atoms with Crippen molar-refractivity contribution in [2.45, 2.75) is 45.4 Å². The molecule has 1 aliphatic heterocycles. The molecule has 0 spiro atoms. The van der Waals surface area contributed by atoms with Gasteiger partial charge >= 0.3 is 0 Å². The van der Waals surface area contributed by atoms with Gasteiger partial charge in [0.05, 0.1) is 6.54 Å². The van der Waals surface area contributed by atoms with Gasteiger partial charge in [-0.3, -0.25) is 9.69 Å². The summed E-state index contributed by atoms with van der Waals surface area (Å²) in [6, 6.07) is 0. The summed E-state index contributed by atoms with van der Waals surface area (Å²) in [6.45, 7) is 6.31. The maximum absolute atomic E-state index is 12.5. The standard InChI is InChI=1S/C16H29N3O/c1-2-19(15-7-3-4-8-15)16(20)13-18-11-5-6-14(12-18)9-10-17/h7,14H,2-6,8-13,17H2,1H3. The minimum Gasteiger partial charge on any atom is -0.330 e. The van der Waals surface area contributed by atoms with Gasteiger partial charge in [0.1, 0.15) is 0 Å². The molecule has 0 aromatic heterocycles. The highest BCUT2D eigenvalue weighted by atomic mass is 16.2. The number of carbonyl (C=O) groups excluding carboxylic acids is 1. The highest BCUT2D eigenvalue weighted by molar-refractivity contribution is 5.80. The molecule has 4 nitrogen and oxygen atoms in total. The van der Waals surface area contributed by atoms with Crippen LogP contribution in [0.3, 0.4) is 0 Å². The van der Waals surface area contributed by atoms with Crippen molar-refractivity contribution in [3.05, 3.63) is 11.8 Å². The van der Waals surface area contributed by atoms with E-state index in [0.717, 1.165) is 45.4 Å². The van der Waals surface area contributed by atoms with Gasteiger partial charge in [-0.05, 0) is 64.5 Å². The Bertz CT molecular complexity index is 352. The molecule has 1 saturated heterocycles. The first-order valence-corrected chi connectivity index (χ1v) is 8.16. The fourth-order valence-corrected chi connectivity index (χ4v) is 3.48. The number of amides is 1. The van der Waals surface area contributed by atoms with Gasteiger partial charge in [0.2, 0.25) is 5.91 Å². The number of rotatable bonds is 6. The predicted octanol–water partition coefficient (Wildman–Crippen LogP) is 1.96. The molecule has 4 heteroatoms. The van der Waals surface area contributed by atoms with Crippen LogP contribution in [0.5, 0.6) is 0 Å². The van der Waals surface area contributed by atoms with Crippen molar-refractivity contribution in [2.75, 3.05) is 32.7 Å². The van der Waals surface area contributed by atoms with E-state index in [9.17, 15) is 4.79 Å². The number of allylic oxidation sites excluding steroid dienone is 2. The van der Waals surface area contributed by atoms with Crippen molar-refractivity contribution in [3.63, 3.8) is 0 Å². The molecule has 0 bridgehead atoms. The molecule has 114 valence electrons. The predicted molar refractivity (Wildman–Crippen MR) is 82.2 cm³/mol. The van der Waals surface area contributed by atoms with E-state index >= 15 is 0 Å². The lowest BCUT2D eigenvalue weighted by atomic mass is 9.95. The van der Waals surface area contributed by atoms with Crippen LogP contribution in [0.4, 0.5) is 0 Å². The van der Waals surface area contributed by atoms with Crippen LogP contribution < -0.4 is 5.73 Å². The van der Waals surface area contributed by atoms with Crippen molar-refractivity contribution in [2.24, 2.45) is 11.7 Å². The SMILES string of the molecule is CCN(C(=O)CN1CCCC(CCN)C1)C1=CCCC1. The van der Waals surface area contributed by atoms with Crippen LogP contribution >= 0.6 is 0 Å². The van der Waals surface area contributed by atoms with Gasteiger partial charge in [-0.25, -0.2) is 0 Å². The topological polar surface area (TPSA) is 49.6 Å². The zero-order valence-corrected chi connectivity index (χ0v) is 12.8. The quantitative estimate of drug-likeness (QED) is 0.808. The van der Waals surface area contributed by atoms with E-state index in [1.165, 1.54) is 25.0 Å². The monoisotopic (exact) mass is 279 g/mol. The number of nitrogens with two attached hydrogens (primary N) is 1. The Morgan fingerprint density at radius 3 is 3.00 bits per heavy atom. The smallest absolute Gasteiger partial charge is 0.240 e. The number of hydrogen-bond acceptors (Lipinski definition) is 3. The molecule has 0 aromatic rings. The third-order valence-electron chi connectivity index (χ3n) is 4.52. The lowest BCUT2D eigenvalue weighted by molar-refractivity contribution is -0.130. The second-order valence-corrected chi connectivity index (χ2v) is 6.05. The van der Waals surface area contributed by atoms with Gasteiger partial charge in [0, 0.05) is 18.8 Å². The van der Waals surface area contributed by atoms with Gasteiger partial charge in [-0.2, -0.15) is 0 Å². The summed E-state index contributed by atoms with van der Waals surface area (Å²) in [5.74, 6) is 0.955. The van der Waals surface area contributed by atoms with Crippen LogP contribution in [0.15, 0.2) is 11.8 Å². The number of hydrogen-bond donors (Lipinski definition) is 1. The summed E-state index contributed by atoms with van der Waals surface area (Å²) in [4.78, 5) is 16.8. The Hall–Kier alpha value is -0.870. The summed E-state index contributed by atoms with van der Waals surface area (Å²) < 4.78 is 0. The lowest BCUT2D eigenvalue weighted by Gasteiger charge is -2.33. The Kier molecular flexibility index (Phi) is 6.05.